The van der Waals surface area contributed by atoms with Crippen molar-refractivity contribution in [1.29, 1.82) is 0 Å². The molecule has 0 bridgehead atoms. The van der Waals surface area contributed by atoms with Crippen molar-refractivity contribution in [1.82, 2.24) is 0 Å². The van der Waals surface area contributed by atoms with Gasteiger partial charge in [0.15, 0.2) is 0 Å². The Morgan fingerprint density at radius 1 is 1.41 bits per heavy atom. The van der Waals surface area contributed by atoms with Gasteiger partial charge in [0.1, 0.15) is 0 Å². The standard InChI is InChI=1S/C14H19BrClN/c1-2-17(10-11-4-3-5-11)14-7-6-12(9-16)8-13(14)15/h6-8,11H,2-5,9-10H2,1H3. The molecule has 0 aromatic heterocycles. The lowest BCUT2D eigenvalue weighted by Crippen LogP contribution is -2.32. The second-order valence-corrected chi connectivity index (χ2v) is 5.88. The Morgan fingerprint density at radius 2 is 2.18 bits per heavy atom. The van der Waals surface area contributed by atoms with Crippen LogP contribution in [0, 0.1) is 5.92 Å². The monoisotopic (exact) mass is 315 g/mol. The van der Waals surface area contributed by atoms with Crippen LogP contribution >= 0.6 is 27.5 Å². The Balaban J connectivity index is 2.11. The quantitative estimate of drug-likeness (QED) is 0.704. The van der Waals surface area contributed by atoms with Gasteiger partial charge in [0.2, 0.25) is 0 Å². The number of alkyl halides is 1. The summed E-state index contributed by atoms with van der Waals surface area (Å²) in [5.41, 5.74) is 2.47. The van der Waals surface area contributed by atoms with Crippen molar-refractivity contribution in [3.05, 3.63) is 28.2 Å². The Labute approximate surface area is 117 Å². The van der Waals surface area contributed by atoms with Crippen molar-refractivity contribution in [2.45, 2.75) is 32.1 Å². The van der Waals surface area contributed by atoms with Crippen LogP contribution in [0.1, 0.15) is 31.7 Å². The number of rotatable bonds is 5. The summed E-state index contributed by atoms with van der Waals surface area (Å²) in [7, 11) is 0. The predicted octanol–water partition coefficient (Wildman–Crippen LogP) is 4.81. The molecule has 0 unspecified atom stereocenters. The highest BCUT2D eigenvalue weighted by Gasteiger charge is 2.21. The highest BCUT2D eigenvalue weighted by molar-refractivity contribution is 9.10. The molecule has 1 aromatic carbocycles. The van der Waals surface area contributed by atoms with Gasteiger partial charge in [-0.3, -0.25) is 0 Å². The summed E-state index contributed by atoms with van der Waals surface area (Å²) in [5.74, 6) is 1.47. The first kappa shape index (κ1) is 13.2. The summed E-state index contributed by atoms with van der Waals surface area (Å²) < 4.78 is 1.16. The highest BCUT2D eigenvalue weighted by atomic mass is 79.9. The molecule has 1 saturated carbocycles. The summed E-state index contributed by atoms with van der Waals surface area (Å²) in [6, 6.07) is 6.44. The van der Waals surface area contributed by atoms with E-state index < -0.39 is 0 Å². The van der Waals surface area contributed by atoms with Gasteiger partial charge in [0.25, 0.3) is 0 Å². The van der Waals surface area contributed by atoms with E-state index in [9.17, 15) is 0 Å². The largest absolute Gasteiger partial charge is 0.371 e. The van der Waals surface area contributed by atoms with Crippen LogP contribution in [-0.4, -0.2) is 13.1 Å². The molecule has 0 heterocycles. The molecular weight excluding hydrogens is 298 g/mol. The summed E-state index contributed by atoms with van der Waals surface area (Å²) in [5, 5.41) is 0. The van der Waals surface area contributed by atoms with Gasteiger partial charge in [-0.1, -0.05) is 12.5 Å². The molecule has 1 aromatic rings. The smallest absolute Gasteiger partial charge is 0.0510 e. The molecule has 0 N–H and O–H groups in total. The van der Waals surface area contributed by atoms with E-state index in [1.54, 1.807) is 0 Å². The van der Waals surface area contributed by atoms with Crippen LogP contribution in [0.3, 0.4) is 0 Å². The zero-order valence-electron chi connectivity index (χ0n) is 10.3. The van der Waals surface area contributed by atoms with Crippen LogP contribution in [0.5, 0.6) is 0 Å². The fourth-order valence-corrected chi connectivity index (χ4v) is 3.12. The van der Waals surface area contributed by atoms with Gasteiger partial charge in [-0.25, -0.2) is 0 Å². The van der Waals surface area contributed by atoms with Gasteiger partial charge in [-0.15, -0.1) is 11.6 Å². The second-order valence-electron chi connectivity index (χ2n) is 4.75. The number of hydrogen-bond acceptors (Lipinski definition) is 1. The first-order chi connectivity index (χ1) is 8.24. The van der Waals surface area contributed by atoms with Gasteiger partial charge < -0.3 is 4.90 Å². The number of hydrogen-bond donors (Lipinski definition) is 0. The molecule has 17 heavy (non-hydrogen) atoms. The average molecular weight is 317 g/mol. The minimum absolute atomic E-state index is 0.577. The molecule has 1 aliphatic carbocycles. The first-order valence-corrected chi connectivity index (χ1v) is 7.66. The van der Waals surface area contributed by atoms with Crippen molar-refractivity contribution in [3.63, 3.8) is 0 Å². The molecule has 0 atom stereocenters. The molecule has 0 radical (unpaired) electrons. The van der Waals surface area contributed by atoms with Crippen LogP contribution in [-0.2, 0) is 5.88 Å². The van der Waals surface area contributed by atoms with Crippen molar-refractivity contribution < 1.29 is 0 Å². The minimum atomic E-state index is 0.577. The second kappa shape index (κ2) is 6.10. The van der Waals surface area contributed by atoms with E-state index in [4.69, 9.17) is 11.6 Å². The van der Waals surface area contributed by atoms with Gasteiger partial charge in [-0.2, -0.15) is 0 Å². The average Bonchev–Trinajstić information content (AvgIpc) is 2.29. The molecule has 1 nitrogen and oxygen atoms in total. The molecule has 1 aliphatic rings. The minimum Gasteiger partial charge on any atom is -0.371 e. The van der Waals surface area contributed by atoms with Crippen LogP contribution < -0.4 is 4.90 Å². The van der Waals surface area contributed by atoms with Gasteiger partial charge in [-0.05, 0) is 59.3 Å². The molecule has 3 heteroatoms. The molecular formula is C14H19BrClN. The fraction of sp³-hybridized carbons (Fsp3) is 0.571. The van der Waals surface area contributed by atoms with Crippen molar-refractivity contribution in [3.8, 4) is 0 Å². The zero-order chi connectivity index (χ0) is 12.3. The summed E-state index contributed by atoms with van der Waals surface area (Å²) >= 11 is 9.51. The van der Waals surface area contributed by atoms with E-state index in [1.165, 1.54) is 37.1 Å². The Hall–Kier alpha value is -0.210. The maximum absolute atomic E-state index is 5.85. The molecule has 0 amide bonds. The van der Waals surface area contributed by atoms with Crippen molar-refractivity contribution >= 4 is 33.2 Å². The van der Waals surface area contributed by atoms with Crippen LogP contribution in [0.2, 0.25) is 0 Å². The van der Waals surface area contributed by atoms with Crippen LogP contribution in [0.4, 0.5) is 5.69 Å². The number of halogens is 2. The Bertz CT molecular complexity index is 376. The van der Waals surface area contributed by atoms with E-state index in [2.05, 4.69) is 46.0 Å². The van der Waals surface area contributed by atoms with E-state index in [0.717, 1.165) is 16.9 Å². The molecule has 0 spiro atoms. The summed E-state index contributed by atoms with van der Waals surface area (Å²) in [6.07, 6.45) is 4.20. The fourth-order valence-electron chi connectivity index (χ4n) is 2.27. The third-order valence-electron chi connectivity index (χ3n) is 3.59. The van der Waals surface area contributed by atoms with E-state index >= 15 is 0 Å². The first-order valence-electron chi connectivity index (χ1n) is 6.34. The lowest BCUT2D eigenvalue weighted by atomic mass is 9.85. The van der Waals surface area contributed by atoms with E-state index in [1.807, 2.05) is 0 Å². The Kier molecular flexibility index (Phi) is 4.75. The van der Waals surface area contributed by atoms with Crippen molar-refractivity contribution in [2.24, 2.45) is 5.92 Å². The third-order valence-corrected chi connectivity index (χ3v) is 4.54. The third kappa shape index (κ3) is 3.17. The Morgan fingerprint density at radius 3 is 2.65 bits per heavy atom. The molecule has 94 valence electrons. The van der Waals surface area contributed by atoms with Crippen LogP contribution in [0.15, 0.2) is 22.7 Å². The van der Waals surface area contributed by atoms with E-state index in [0.29, 0.717) is 5.88 Å². The number of benzene rings is 1. The number of anilines is 1. The zero-order valence-corrected chi connectivity index (χ0v) is 12.6. The van der Waals surface area contributed by atoms with Gasteiger partial charge in [0.05, 0.1) is 5.69 Å². The summed E-state index contributed by atoms with van der Waals surface area (Å²) in [6.45, 7) is 4.48. The topological polar surface area (TPSA) is 3.24 Å². The van der Waals surface area contributed by atoms with Crippen LogP contribution in [0.25, 0.3) is 0 Å². The molecule has 0 aliphatic heterocycles. The SMILES string of the molecule is CCN(CC1CCC1)c1ccc(CCl)cc1Br. The maximum atomic E-state index is 5.85. The lowest BCUT2D eigenvalue weighted by molar-refractivity contribution is 0.318. The maximum Gasteiger partial charge on any atom is 0.0510 e. The van der Waals surface area contributed by atoms with E-state index in [-0.39, 0.29) is 0 Å². The molecule has 0 saturated heterocycles. The predicted molar refractivity (Wildman–Crippen MR) is 78.9 cm³/mol. The normalized spacial score (nSPS) is 15.7. The molecule has 2 rings (SSSR count). The van der Waals surface area contributed by atoms with Gasteiger partial charge >= 0.3 is 0 Å². The van der Waals surface area contributed by atoms with Gasteiger partial charge in [0, 0.05) is 23.4 Å². The van der Waals surface area contributed by atoms with Crippen molar-refractivity contribution in [2.75, 3.05) is 18.0 Å². The summed E-state index contributed by atoms with van der Waals surface area (Å²) in [4.78, 5) is 2.46. The lowest BCUT2D eigenvalue weighted by Gasteiger charge is -2.33. The molecule has 1 fully saturated rings. The number of nitrogens with zero attached hydrogens (tertiary/aromatic N) is 1. The highest BCUT2D eigenvalue weighted by Crippen LogP contribution is 2.32.